The molecule has 3 nitrogen and oxygen atoms in total. The Bertz CT molecular complexity index is 588. The average molecular weight is 298 g/mol. The van der Waals surface area contributed by atoms with E-state index in [1.54, 1.807) is 6.08 Å². The summed E-state index contributed by atoms with van der Waals surface area (Å²) in [6.45, 7) is 8.14. The number of benzene rings is 1. The van der Waals surface area contributed by atoms with Gasteiger partial charge in [-0.1, -0.05) is 30.3 Å². The monoisotopic (exact) mass is 298 g/mol. The van der Waals surface area contributed by atoms with Crippen molar-refractivity contribution >= 4 is 12.9 Å². The molecule has 1 aliphatic carbocycles. The van der Waals surface area contributed by atoms with E-state index >= 15 is 0 Å². The molecule has 0 saturated carbocycles. The Morgan fingerprint density at radius 2 is 1.59 bits per heavy atom. The second kappa shape index (κ2) is 5.36. The number of ketones is 1. The van der Waals surface area contributed by atoms with Crippen molar-refractivity contribution in [1.82, 2.24) is 0 Å². The van der Waals surface area contributed by atoms with Crippen LogP contribution in [0.25, 0.3) is 0 Å². The molecule has 1 aromatic carbocycles. The van der Waals surface area contributed by atoms with Crippen LogP contribution in [-0.4, -0.2) is 24.1 Å². The van der Waals surface area contributed by atoms with Gasteiger partial charge in [0.2, 0.25) is 0 Å². The maximum absolute atomic E-state index is 12.1. The molecule has 1 saturated heterocycles. The van der Waals surface area contributed by atoms with Gasteiger partial charge in [0, 0.05) is 6.42 Å². The van der Waals surface area contributed by atoms with Crippen LogP contribution in [-0.2, 0) is 14.1 Å². The lowest BCUT2D eigenvalue weighted by atomic mass is 9.68. The highest BCUT2D eigenvalue weighted by atomic mass is 16.7. The van der Waals surface area contributed by atoms with Crippen molar-refractivity contribution in [1.29, 1.82) is 0 Å². The summed E-state index contributed by atoms with van der Waals surface area (Å²) in [6.07, 6.45) is 3.10. The minimum Gasteiger partial charge on any atom is -0.400 e. The fourth-order valence-corrected chi connectivity index (χ4v) is 3.04. The van der Waals surface area contributed by atoms with Crippen LogP contribution in [0.2, 0.25) is 0 Å². The van der Waals surface area contributed by atoms with Crippen LogP contribution in [0.3, 0.4) is 0 Å². The summed E-state index contributed by atoms with van der Waals surface area (Å²) in [6, 6.07) is 10.2. The Morgan fingerprint density at radius 3 is 2.18 bits per heavy atom. The van der Waals surface area contributed by atoms with Crippen molar-refractivity contribution in [3.8, 4) is 0 Å². The van der Waals surface area contributed by atoms with Crippen molar-refractivity contribution in [3.63, 3.8) is 0 Å². The summed E-state index contributed by atoms with van der Waals surface area (Å²) in [7, 11) is -0.416. The topological polar surface area (TPSA) is 35.5 Å². The quantitative estimate of drug-likeness (QED) is 0.781. The summed E-state index contributed by atoms with van der Waals surface area (Å²) < 4.78 is 12.2. The van der Waals surface area contributed by atoms with Crippen LogP contribution >= 0.6 is 0 Å². The fourth-order valence-electron chi connectivity index (χ4n) is 3.04. The molecule has 1 fully saturated rings. The van der Waals surface area contributed by atoms with Crippen LogP contribution in [0.1, 0.15) is 52.0 Å². The number of hydrogen-bond donors (Lipinski definition) is 0. The lowest BCUT2D eigenvalue weighted by molar-refractivity contribution is -0.115. The van der Waals surface area contributed by atoms with Gasteiger partial charge in [-0.15, -0.1) is 0 Å². The van der Waals surface area contributed by atoms with E-state index in [0.29, 0.717) is 6.42 Å². The van der Waals surface area contributed by atoms with Crippen molar-refractivity contribution in [3.05, 3.63) is 47.4 Å². The normalized spacial score (nSPS) is 26.9. The minimum absolute atomic E-state index is 0.157. The summed E-state index contributed by atoms with van der Waals surface area (Å²) in [5.74, 6) is 0.373. The van der Waals surface area contributed by atoms with Gasteiger partial charge >= 0.3 is 7.12 Å². The molecule has 116 valence electrons. The highest BCUT2D eigenvalue weighted by Gasteiger charge is 2.52. The van der Waals surface area contributed by atoms with Crippen LogP contribution in [0.5, 0.6) is 0 Å². The SMILES string of the molecule is CC1(C)OB(C2=CC(=O)CC(c3ccccc3)C2)OC1(C)C. The largest absolute Gasteiger partial charge is 0.490 e. The number of carbonyl (C=O) groups excluding carboxylic acids is 1. The molecule has 1 heterocycles. The molecule has 3 rings (SSSR count). The molecule has 4 heteroatoms. The van der Waals surface area contributed by atoms with Gasteiger partial charge in [0.05, 0.1) is 11.2 Å². The van der Waals surface area contributed by atoms with Crippen LogP contribution in [0.15, 0.2) is 41.9 Å². The summed E-state index contributed by atoms with van der Waals surface area (Å²) in [5.41, 5.74) is 1.42. The second-order valence-electron chi connectivity index (χ2n) is 7.29. The summed E-state index contributed by atoms with van der Waals surface area (Å²) >= 11 is 0. The van der Waals surface area contributed by atoms with E-state index in [2.05, 4.69) is 12.1 Å². The minimum atomic E-state index is -0.416. The first-order valence-electron chi connectivity index (χ1n) is 7.92. The molecule has 1 unspecified atom stereocenters. The van der Waals surface area contributed by atoms with Gasteiger partial charge in [0.25, 0.3) is 0 Å². The van der Waals surface area contributed by atoms with Gasteiger partial charge < -0.3 is 9.31 Å². The maximum atomic E-state index is 12.1. The van der Waals surface area contributed by atoms with E-state index < -0.39 is 7.12 Å². The van der Waals surface area contributed by atoms with Gasteiger partial charge in [-0.25, -0.2) is 0 Å². The first kappa shape index (κ1) is 15.5. The molecule has 1 aromatic rings. The highest BCUT2D eigenvalue weighted by Crippen LogP contribution is 2.41. The van der Waals surface area contributed by atoms with Crippen LogP contribution in [0, 0.1) is 0 Å². The molecule has 1 aliphatic heterocycles. The van der Waals surface area contributed by atoms with E-state index in [0.717, 1.165) is 11.9 Å². The summed E-state index contributed by atoms with van der Waals surface area (Å²) in [4.78, 5) is 12.1. The van der Waals surface area contributed by atoms with Crippen LogP contribution < -0.4 is 0 Å². The average Bonchev–Trinajstić information content (AvgIpc) is 2.68. The van der Waals surface area contributed by atoms with E-state index in [9.17, 15) is 4.79 Å². The Labute approximate surface area is 132 Å². The lowest BCUT2D eigenvalue weighted by Crippen LogP contribution is -2.41. The molecule has 0 aromatic heterocycles. The Morgan fingerprint density at radius 1 is 1.00 bits per heavy atom. The Hall–Kier alpha value is -1.39. The van der Waals surface area contributed by atoms with Gasteiger partial charge in [-0.05, 0) is 57.1 Å². The van der Waals surface area contributed by atoms with E-state index in [4.69, 9.17) is 9.31 Å². The predicted octanol–water partition coefficient (Wildman–Crippen LogP) is 3.69. The Balaban J connectivity index is 1.82. The fraction of sp³-hybridized carbons (Fsp3) is 0.500. The molecular weight excluding hydrogens is 275 g/mol. The standard InChI is InChI=1S/C18H23BO3/c1-17(2)18(3,4)22-19(21-17)15-10-14(11-16(20)12-15)13-8-6-5-7-9-13/h5-9,12,14H,10-11H2,1-4H3. The predicted molar refractivity (Wildman–Crippen MR) is 87.6 cm³/mol. The highest BCUT2D eigenvalue weighted by molar-refractivity contribution is 6.55. The molecule has 1 atom stereocenters. The van der Waals surface area contributed by atoms with Crippen molar-refractivity contribution in [2.24, 2.45) is 0 Å². The second-order valence-corrected chi connectivity index (χ2v) is 7.29. The Kier molecular flexibility index (Phi) is 3.78. The first-order valence-corrected chi connectivity index (χ1v) is 7.92. The van der Waals surface area contributed by atoms with E-state index in [1.165, 1.54) is 5.56 Å². The number of carbonyl (C=O) groups is 1. The first-order chi connectivity index (χ1) is 10.3. The van der Waals surface area contributed by atoms with Crippen molar-refractivity contribution < 1.29 is 14.1 Å². The molecule has 2 aliphatic rings. The zero-order chi connectivity index (χ0) is 16.0. The van der Waals surface area contributed by atoms with Crippen molar-refractivity contribution in [2.75, 3.05) is 0 Å². The lowest BCUT2D eigenvalue weighted by Gasteiger charge is -2.32. The number of rotatable bonds is 2. The van der Waals surface area contributed by atoms with E-state index in [1.807, 2.05) is 45.9 Å². The summed E-state index contributed by atoms with van der Waals surface area (Å²) in [5, 5.41) is 0. The number of allylic oxidation sites excluding steroid dienone is 2. The maximum Gasteiger partial charge on any atom is 0.490 e. The molecule has 0 spiro atoms. The van der Waals surface area contributed by atoms with Gasteiger partial charge in [0.1, 0.15) is 0 Å². The zero-order valence-corrected chi connectivity index (χ0v) is 13.8. The van der Waals surface area contributed by atoms with Gasteiger partial charge in [-0.2, -0.15) is 0 Å². The molecule has 0 radical (unpaired) electrons. The molecule has 0 amide bonds. The third kappa shape index (κ3) is 2.78. The van der Waals surface area contributed by atoms with E-state index in [-0.39, 0.29) is 22.9 Å². The third-order valence-electron chi connectivity index (χ3n) is 5.10. The number of hydrogen-bond acceptors (Lipinski definition) is 3. The smallest absolute Gasteiger partial charge is 0.400 e. The third-order valence-corrected chi connectivity index (χ3v) is 5.10. The van der Waals surface area contributed by atoms with Gasteiger partial charge in [-0.3, -0.25) is 4.79 Å². The van der Waals surface area contributed by atoms with Crippen LogP contribution in [0.4, 0.5) is 0 Å². The molecule has 0 bridgehead atoms. The molecular formula is C18H23BO3. The van der Waals surface area contributed by atoms with Gasteiger partial charge in [0.15, 0.2) is 5.78 Å². The van der Waals surface area contributed by atoms with Crippen molar-refractivity contribution in [2.45, 2.75) is 57.7 Å². The molecule has 0 N–H and O–H groups in total. The molecule has 22 heavy (non-hydrogen) atoms. The zero-order valence-electron chi connectivity index (χ0n) is 13.8.